The molecule has 6 rings (SSSR count). The zero-order valence-corrected chi connectivity index (χ0v) is 22.6. The molecule has 1 unspecified atom stereocenters. The van der Waals surface area contributed by atoms with E-state index in [1.54, 1.807) is 6.92 Å². The monoisotopic (exact) mass is 502 g/mol. The summed E-state index contributed by atoms with van der Waals surface area (Å²) in [5, 5.41) is 0. The summed E-state index contributed by atoms with van der Waals surface area (Å²) >= 11 is 0. The van der Waals surface area contributed by atoms with E-state index >= 15 is 0 Å². The lowest BCUT2D eigenvalue weighted by atomic mass is 9.58. The average molecular weight is 503 g/mol. The molecule has 8 atom stereocenters. The molecule has 4 heterocycles. The van der Waals surface area contributed by atoms with Crippen LogP contribution in [0.4, 0.5) is 0 Å². The second-order valence-corrected chi connectivity index (χ2v) is 12.2. The van der Waals surface area contributed by atoms with Gasteiger partial charge in [-0.3, -0.25) is 9.59 Å². The van der Waals surface area contributed by atoms with Crippen LogP contribution in [0, 0.1) is 29.6 Å². The van der Waals surface area contributed by atoms with E-state index in [1.165, 1.54) is 6.08 Å². The van der Waals surface area contributed by atoms with Gasteiger partial charge in [0.2, 0.25) is 5.79 Å². The number of allylic oxidation sites excluding steroid dienone is 4. The lowest BCUT2D eigenvalue weighted by Gasteiger charge is -2.60. The van der Waals surface area contributed by atoms with Gasteiger partial charge >= 0.3 is 0 Å². The maximum absolute atomic E-state index is 12.9. The van der Waals surface area contributed by atoms with Crippen LogP contribution >= 0.6 is 0 Å². The molecule has 0 N–H and O–H groups in total. The lowest BCUT2D eigenvalue weighted by Crippen LogP contribution is -2.70. The summed E-state index contributed by atoms with van der Waals surface area (Å²) < 4.78 is 19.2. The highest BCUT2D eigenvalue weighted by atomic mass is 17.3. The molecule has 4 saturated heterocycles. The number of hydrogen-bond acceptors (Lipinski definition) is 7. The van der Waals surface area contributed by atoms with Crippen LogP contribution in [0.3, 0.4) is 0 Å². The Morgan fingerprint density at radius 3 is 2.61 bits per heavy atom. The van der Waals surface area contributed by atoms with Crippen LogP contribution in [-0.2, 0) is 33.6 Å². The van der Waals surface area contributed by atoms with Gasteiger partial charge in [0.15, 0.2) is 29.7 Å². The summed E-state index contributed by atoms with van der Waals surface area (Å²) in [6, 6.07) is 0. The highest BCUT2D eigenvalue weighted by molar-refractivity contribution is 6.22. The quantitative estimate of drug-likeness (QED) is 0.261. The number of ether oxygens (including phenoxy) is 3. The summed E-state index contributed by atoms with van der Waals surface area (Å²) in [4.78, 5) is 37.3. The van der Waals surface area contributed by atoms with Crippen molar-refractivity contribution in [3.8, 4) is 0 Å². The Hall–Kier alpha value is -1.38. The van der Waals surface area contributed by atoms with Crippen LogP contribution in [0.25, 0.3) is 0 Å². The number of ketones is 2. The number of carbonyl (C=O) groups excluding carboxylic acids is 2. The van der Waals surface area contributed by atoms with E-state index in [2.05, 4.69) is 13.8 Å². The first-order valence-corrected chi connectivity index (χ1v) is 13.9. The third-order valence-corrected chi connectivity index (χ3v) is 9.47. The van der Waals surface area contributed by atoms with Crippen LogP contribution in [0.5, 0.6) is 0 Å². The van der Waals surface area contributed by atoms with Crippen LogP contribution < -0.4 is 0 Å². The van der Waals surface area contributed by atoms with Crippen LogP contribution in [0.1, 0.15) is 86.5 Å². The average Bonchev–Trinajstić information content (AvgIpc) is 3.06. The Kier molecular flexibility index (Phi) is 7.09. The Labute approximate surface area is 214 Å². The Balaban J connectivity index is 1.20. The van der Waals surface area contributed by atoms with Gasteiger partial charge in [-0.2, -0.15) is 0 Å². The second kappa shape index (κ2) is 9.73. The van der Waals surface area contributed by atoms with E-state index in [9.17, 15) is 9.59 Å². The molecular formula is C29H42O7. The fourth-order valence-electron chi connectivity index (χ4n) is 7.20. The van der Waals surface area contributed by atoms with Gasteiger partial charge in [-0.15, -0.1) is 0 Å². The number of carbonyl (C=O) groups is 2. The van der Waals surface area contributed by atoms with Crippen LogP contribution in [0.2, 0.25) is 0 Å². The molecule has 2 aliphatic carbocycles. The molecule has 0 aromatic rings. The summed E-state index contributed by atoms with van der Waals surface area (Å²) in [5.74, 6) is 0.491. The molecule has 0 aromatic carbocycles. The highest BCUT2D eigenvalue weighted by Gasteiger charge is 2.69. The Bertz CT molecular complexity index is 967. The van der Waals surface area contributed by atoms with E-state index in [1.807, 2.05) is 20.8 Å². The van der Waals surface area contributed by atoms with Crippen molar-refractivity contribution in [3.05, 3.63) is 22.8 Å². The molecule has 7 nitrogen and oxygen atoms in total. The topological polar surface area (TPSA) is 80.3 Å². The number of Topliss-reactive ketones (excluding diaryl/α,β-unsaturated/α-hetero) is 1. The fourth-order valence-corrected chi connectivity index (χ4v) is 7.20. The number of rotatable bonds is 7. The predicted molar refractivity (Wildman–Crippen MR) is 132 cm³/mol. The van der Waals surface area contributed by atoms with Gasteiger partial charge < -0.3 is 14.2 Å². The zero-order valence-electron chi connectivity index (χ0n) is 22.6. The molecule has 1 saturated carbocycles. The minimum atomic E-state index is -0.790. The van der Waals surface area contributed by atoms with Crippen LogP contribution in [-0.4, -0.2) is 42.1 Å². The molecule has 1 spiro atoms. The second-order valence-electron chi connectivity index (χ2n) is 12.2. The third-order valence-electron chi connectivity index (χ3n) is 9.47. The Morgan fingerprint density at radius 2 is 1.86 bits per heavy atom. The van der Waals surface area contributed by atoms with Crippen molar-refractivity contribution in [2.24, 2.45) is 29.6 Å². The van der Waals surface area contributed by atoms with E-state index in [0.29, 0.717) is 41.6 Å². The molecule has 4 aliphatic heterocycles. The summed E-state index contributed by atoms with van der Waals surface area (Å²) in [6.07, 6.45) is 6.79. The molecule has 0 radical (unpaired) electrons. The largest absolute Gasteiger partial charge is 0.352 e. The van der Waals surface area contributed by atoms with Crippen molar-refractivity contribution in [3.63, 3.8) is 0 Å². The van der Waals surface area contributed by atoms with Gasteiger partial charge in [0, 0.05) is 41.6 Å². The minimum absolute atomic E-state index is 0.0231. The summed E-state index contributed by atoms with van der Waals surface area (Å²) in [7, 11) is 0. The standard InChI is InChI=1S/C29H42O7/c1-16(2)21-15-24(30)18(4)20(25(21)31)9-7-8-14-32-26-19(5)23-11-10-17(3)22-12-13-28(6)34-27(33-26)29(22,23)36-35-28/h15-17,19,22-23,26-27H,7-14H2,1-6H3/t17-,19-,22+,23+,26?,27-,28-,29-/m1/s1. The molecular weight excluding hydrogens is 460 g/mol. The summed E-state index contributed by atoms with van der Waals surface area (Å²) in [6.45, 7) is 12.6. The molecule has 0 aromatic heterocycles. The number of unbranched alkanes of at least 4 members (excludes halogenated alkanes) is 1. The lowest BCUT2D eigenvalue weighted by molar-refractivity contribution is -0.577. The van der Waals surface area contributed by atoms with Crippen molar-refractivity contribution in [1.82, 2.24) is 0 Å². The van der Waals surface area contributed by atoms with E-state index in [4.69, 9.17) is 24.0 Å². The summed E-state index contributed by atoms with van der Waals surface area (Å²) in [5.41, 5.74) is 1.28. The predicted octanol–water partition coefficient (Wildman–Crippen LogP) is 5.43. The van der Waals surface area contributed by atoms with Gasteiger partial charge in [-0.05, 0) is 76.2 Å². The normalized spacial score (nSPS) is 42.5. The van der Waals surface area contributed by atoms with Crippen molar-refractivity contribution in [2.75, 3.05) is 6.61 Å². The molecule has 36 heavy (non-hydrogen) atoms. The molecule has 5 fully saturated rings. The van der Waals surface area contributed by atoms with E-state index in [-0.39, 0.29) is 35.6 Å². The number of hydrogen-bond donors (Lipinski definition) is 0. The van der Waals surface area contributed by atoms with Gasteiger partial charge in [-0.1, -0.05) is 27.7 Å². The van der Waals surface area contributed by atoms with E-state index < -0.39 is 17.7 Å². The smallest absolute Gasteiger partial charge is 0.201 e. The van der Waals surface area contributed by atoms with Gasteiger partial charge in [0.05, 0.1) is 0 Å². The number of fused-ring (bicyclic) bond motifs is 2. The first-order valence-electron chi connectivity index (χ1n) is 13.9. The van der Waals surface area contributed by atoms with Gasteiger partial charge in [0.25, 0.3) is 0 Å². The SMILES string of the molecule is CC1=C(CCCCOC2O[C@@H]3O[C@@]4(C)CC[C@H]5[C@H](C)CC[C@@H]([C@H]2C)[C@@]35OO4)C(=O)C(C(C)C)=CC1=O. The maximum Gasteiger partial charge on any atom is 0.201 e. The first-order chi connectivity index (χ1) is 17.1. The molecule has 7 heteroatoms. The highest BCUT2D eigenvalue weighted by Crippen LogP contribution is 2.60. The fraction of sp³-hybridized carbons (Fsp3) is 0.793. The van der Waals surface area contributed by atoms with Crippen LogP contribution in [0.15, 0.2) is 22.8 Å². The van der Waals surface area contributed by atoms with Crippen molar-refractivity contribution in [1.29, 1.82) is 0 Å². The van der Waals surface area contributed by atoms with Gasteiger partial charge in [0.1, 0.15) is 0 Å². The van der Waals surface area contributed by atoms with Crippen molar-refractivity contribution < 1.29 is 33.6 Å². The van der Waals surface area contributed by atoms with Crippen molar-refractivity contribution in [2.45, 2.75) is 110 Å². The first kappa shape index (κ1) is 26.2. The van der Waals surface area contributed by atoms with E-state index in [0.717, 1.165) is 38.5 Å². The maximum atomic E-state index is 12.9. The minimum Gasteiger partial charge on any atom is -0.352 e. The zero-order chi connectivity index (χ0) is 25.8. The van der Waals surface area contributed by atoms with Crippen molar-refractivity contribution >= 4 is 11.6 Å². The molecule has 6 aliphatic rings. The molecule has 2 bridgehead atoms. The van der Waals surface area contributed by atoms with Gasteiger partial charge in [-0.25, -0.2) is 9.78 Å². The molecule has 0 amide bonds. The molecule has 200 valence electrons. The third kappa shape index (κ3) is 4.25. The Morgan fingerprint density at radius 1 is 1.08 bits per heavy atom.